The van der Waals surface area contributed by atoms with Gasteiger partial charge in [0, 0.05) is 10.9 Å². The number of anilines is 1. The molecule has 0 radical (unpaired) electrons. The first-order chi connectivity index (χ1) is 8.60. The summed E-state index contributed by atoms with van der Waals surface area (Å²) in [7, 11) is 0. The summed E-state index contributed by atoms with van der Waals surface area (Å²) in [5.41, 5.74) is 1.19. The smallest absolute Gasteiger partial charge is 0.241 e. The maximum Gasteiger partial charge on any atom is 0.241 e. The molecule has 0 fully saturated rings. The van der Waals surface area contributed by atoms with E-state index in [9.17, 15) is 9.18 Å². The van der Waals surface area contributed by atoms with Crippen molar-refractivity contribution in [3.8, 4) is 11.3 Å². The van der Waals surface area contributed by atoms with E-state index in [0.717, 1.165) is 0 Å². The fourth-order valence-corrected chi connectivity index (χ4v) is 2.36. The monoisotopic (exact) mass is 304 g/mol. The number of benzene rings is 1. The number of thiazole rings is 1. The Morgan fingerprint density at radius 1 is 1.50 bits per heavy atom. The van der Waals surface area contributed by atoms with E-state index in [1.165, 1.54) is 23.5 Å². The molecule has 0 atom stereocenters. The van der Waals surface area contributed by atoms with E-state index in [1.807, 2.05) is 0 Å². The van der Waals surface area contributed by atoms with E-state index < -0.39 is 5.82 Å². The molecule has 94 valence electrons. The van der Waals surface area contributed by atoms with E-state index in [1.54, 1.807) is 11.4 Å². The number of carbonyl (C=O) groups excluding carboxylic acids is 1. The molecule has 1 heterocycles. The topological polar surface area (TPSA) is 42.0 Å². The van der Waals surface area contributed by atoms with Crippen LogP contribution in [0, 0.1) is 5.82 Å². The summed E-state index contributed by atoms with van der Waals surface area (Å²) in [6.07, 6.45) is 0. The fraction of sp³-hybridized carbons (Fsp3) is 0.0909. The number of amides is 1. The van der Waals surface area contributed by atoms with Crippen LogP contribution in [0.5, 0.6) is 0 Å². The van der Waals surface area contributed by atoms with Crippen molar-refractivity contribution in [2.24, 2.45) is 0 Å². The highest BCUT2D eigenvalue weighted by Crippen LogP contribution is 2.30. The second-order valence-corrected chi connectivity index (χ2v) is 4.88. The van der Waals surface area contributed by atoms with Crippen molar-refractivity contribution in [1.82, 2.24) is 4.98 Å². The third-order valence-corrected chi connectivity index (χ3v) is 3.39. The van der Waals surface area contributed by atoms with Crippen molar-refractivity contribution in [1.29, 1.82) is 0 Å². The van der Waals surface area contributed by atoms with Gasteiger partial charge in [0.2, 0.25) is 5.91 Å². The first kappa shape index (κ1) is 13.3. The summed E-state index contributed by atoms with van der Waals surface area (Å²) < 4.78 is 12.9. The minimum atomic E-state index is -0.408. The second-order valence-electron chi connectivity index (χ2n) is 3.34. The predicted octanol–water partition coefficient (Wildman–Crippen LogP) is 3.78. The summed E-state index contributed by atoms with van der Waals surface area (Å²) >= 11 is 12.5. The first-order valence-electron chi connectivity index (χ1n) is 4.87. The summed E-state index contributed by atoms with van der Waals surface area (Å²) in [6, 6.07) is 4.06. The molecule has 3 nitrogen and oxygen atoms in total. The van der Waals surface area contributed by atoms with Gasteiger partial charge in [0.15, 0.2) is 5.13 Å². The Kier molecular flexibility index (Phi) is 4.16. The molecule has 1 aromatic heterocycles. The largest absolute Gasteiger partial charge is 0.301 e. The molecule has 0 bridgehead atoms. The Hall–Kier alpha value is -1.17. The van der Waals surface area contributed by atoms with Crippen molar-refractivity contribution in [3.05, 3.63) is 34.4 Å². The summed E-state index contributed by atoms with van der Waals surface area (Å²) in [4.78, 5) is 15.3. The summed E-state index contributed by atoms with van der Waals surface area (Å²) in [6.45, 7) is 0. The molecule has 0 saturated carbocycles. The van der Waals surface area contributed by atoms with Crippen LogP contribution in [0.1, 0.15) is 0 Å². The minimum Gasteiger partial charge on any atom is -0.301 e. The van der Waals surface area contributed by atoms with Crippen molar-refractivity contribution < 1.29 is 9.18 Å². The number of carbonyl (C=O) groups is 1. The van der Waals surface area contributed by atoms with Crippen LogP contribution in [0.3, 0.4) is 0 Å². The van der Waals surface area contributed by atoms with Gasteiger partial charge in [-0.25, -0.2) is 9.37 Å². The van der Waals surface area contributed by atoms with Crippen LogP contribution >= 0.6 is 34.5 Å². The Morgan fingerprint density at radius 3 is 2.94 bits per heavy atom. The maximum absolute atomic E-state index is 12.9. The quantitative estimate of drug-likeness (QED) is 0.877. The van der Waals surface area contributed by atoms with Gasteiger partial charge < -0.3 is 5.32 Å². The highest BCUT2D eigenvalue weighted by atomic mass is 35.5. The van der Waals surface area contributed by atoms with E-state index >= 15 is 0 Å². The van der Waals surface area contributed by atoms with Crippen LogP contribution in [0.15, 0.2) is 23.6 Å². The Labute approximate surface area is 117 Å². The number of rotatable bonds is 3. The molecule has 18 heavy (non-hydrogen) atoms. The number of halogens is 3. The first-order valence-corrected chi connectivity index (χ1v) is 6.66. The molecule has 0 spiro atoms. The summed E-state index contributed by atoms with van der Waals surface area (Å²) in [5.74, 6) is -0.871. The Balaban J connectivity index is 2.26. The van der Waals surface area contributed by atoms with Gasteiger partial charge in [0.25, 0.3) is 0 Å². The van der Waals surface area contributed by atoms with Gasteiger partial charge in [-0.2, -0.15) is 0 Å². The molecule has 2 aromatic rings. The molecule has 7 heteroatoms. The van der Waals surface area contributed by atoms with E-state index in [4.69, 9.17) is 23.2 Å². The van der Waals surface area contributed by atoms with Crippen LogP contribution in [-0.2, 0) is 4.79 Å². The van der Waals surface area contributed by atoms with Crippen LogP contribution in [0.4, 0.5) is 9.52 Å². The van der Waals surface area contributed by atoms with Gasteiger partial charge in [0.1, 0.15) is 11.7 Å². The highest BCUT2D eigenvalue weighted by molar-refractivity contribution is 7.14. The second kappa shape index (κ2) is 5.65. The molecule has 2 rings (SSSR count). The number of nitrogens with zero attached hydrogens (tertiary/aromatic N) is 1. The Morgan fingerprint density at radius 2 is 2.28 bits per heavy atom. The highest BCUT2D eigenvalue weighted by Gasteiger charge is 2.10. The molecule has 0 saturated heterocycles. The van der Waals surface area contributed by atoms with E-state index in [0.29, 0.717) is 16.4 Å². The van der Waals surface area contributed by atoms with E-state index in [-0.39, 0.29) is 16.8 Å². The lowest BCUT2D eigenvalue weighted by molar-refractivity contribution is -0.113. The average molecular weight is 305 g/mol. The zero-order valence-corrected chi connectivity index (χ0v) is 11.2. The molecule has 1 aromatic carbocycles. The molecule has 0 aliphatic rings. The van der Waals surface area contributed by atoms with Gasteiger partial charge >= 0.3 is 0 Å². The van der Waals surface area contributed by atoms with Gasteiger partial charge in [-0.1, -0.05) is 11.6 Å². The van der Waals surface area contributed by atoms with Gasteiger partial charge in [-0.05, 0) is 18.2 Å². The lowest BCUT2D eigenvalue weighted by Gasteiger charge is -2.00. The zero-order chi connectivity index (χ0) is 13.1. The van der Waals surface area contributed by atoms with Crippen molar-refractivity contribution >= 4 is 45.6 Å². The van der Waals surface area contributed by atoms with Gasteiger partial charge in [0.05, 0.1) is 10.7 Å². The third kappa shape index (κ3) is 2.98. The maximum atomic E-state index is 12.9. The van der Waals surface area contributed by atoms with Gasteiger partial charge in [-0.15, -0.1) is 22.9 Å². The molecule has 0 unspecified atom stereocenters. The van der Waals surface area contributed by atoms with Crippen molar-refractivity contribution in [2.75, 3.05) is 11.2 Å². The predicted molar refractivity (Wildman–Crippen MR) is 71.9 cm³/mol. The molecule has 1 amide bonds. The molecule has 1 N–H and O–H groups in total. The average Bonchev–Trinajstić information content (AvgIpc) is 2.77. The lowest BCUT2D eigenvalue weighted by Crippen LogP contribution is -2.12. The number of hydrogen-bond acceptors (Lipinski definition) is 3. The van der Waals surface area contributed by atoms with Crippen molar-refractivity contribution in [2.45, 2.75) is 0 Å². The molecular weight excluding hydrogens is 298 g/mol. The molecule has 0 aliphatic carbocycles. The normalized spacial score (nSPS) is 10.4. The number of hydrogen-bond donors (Lipinski definition) is 1. The fourth-order valence-electron chi connectivity index (χ4n) is 1.30. The number of alkyl halides is 1. The van der Waals surface area contributed by atoms with E-state index in [2.05, 4.69) is 10.3 Å². The van der Waals surface area contributed by atoms with Crippen LogP contribution in [0.25, 0.3) is 11.3 Å². The lowest BCUT2D eigenvalue weighted by atomic mass is 10.2. The SMILES string of the molecule is O=C(CCl)Nc1nc(-c2ccc(F)cc2Cl)cs1. The minimum absolute atomic E-state index is 0.133. The van der Waals surface area contributed by atoms with Crippen LogP contribution in [0.2, 0.25) is 5.02 Å². The Bertz CT molecular complexity index is 588. The van der Waals surface area contributed by atoms with Crippen LogP contribution < -0.4 is 5.32 Å². The van der Waals surface area contributed by atoms with Crippen LogP contribution in [-0.4, -0.2) is 16.8 Å². The third-order valence-electron chi connectivity index (χ3n) is 2.08. The molecular formula is C11H7Cl2FN2OS. The van der Waals surface area contributed by atoms with Crippen molar-refractivity contribution in [3.63, 3.8) is 0 Å². The van der Waals surface area contributed by atoms with Gasteiger partial charge in [-0.3, -0.25) is 4.79 Å². The standard InChI is InChI=1S/C11H7Cl2FN2OS/c12-4-10(17)16-11-15-9(5-18-11)7-2-1-6(14)3-8(7)13/h1-3,5H,4H2,(H,15,16,17). The number of aromatic nitrogens is 1. The zero-order valence-electron chi connectivity index (χ0n) is 8.91. The molecule has 0 aliphatic heterocycles. The summed E-state index contributed by atoms with van der Waals surface area (Å²) in [5, 5.41) is 4.96. The number of nitrogens with one attached hydrogen (secondary N) is 1.